The highest BCUT2D eigenvalue weighted by atomic mass is 32.2. The van der Waals surface area contributed by atoms with Crippen molar-refractivity contribution in [3.8, 4) is 11.3 Å². The van der Waals surface area contributed by atoms with E-state index in [0.29, 0.717) is 6.42 Å². The first-order valence-corrected chi connectivity index (χ1v) is 13.7. The van der Waals surface area contributed by atoms with E-state index in [2.05, 4.69) is 37.6 Å². The number of halogens is 1. The Hall–Kier alpha value is -2.97. The fourth-order valence-electron chi connectivity index (χ4n) is 5.18. The first-order valence-electron chi connectivity index (χ1n) is 12.5. The normalized spacial score (nSPS) is 24.1. The van der Waals surface area contributed by atoms with E-state index < -0.39 is 10.9 Å². The van der Waals surface area contributed by atoms with E-state index in [0.717, 1.165) is 66.7 Å². The van der Waals surface area contributed by atoms with Gasteiger partial charge in [0.05, 0.1) is 10.3 Å². The second-order valence-corrected chi connectivity index (χ2v) is 10.8. The molecule has 0 spiro atoms. The maximum absolute atomic E-state index is 14.1. The number of rotatable bonds is 6. The molecule has 3 aromatic rings. The Labute approximate surface area is 215 Å². The minimum Gasteiger partial charge on any atom is -0.325 e. The smallest absolute Gasteiger partial charge is 0.240 e. The molecular weight excluding hydrogens is 473 g/mol. The molecule has 1 aromatic carbocycles. The van der Waals surface area contributed by atoms with Crippen molar-refractivity contribution in [2.45, 2.75) is 36.6 Å². The van der Waals surface area contributed by atoms with Gasteiger partial charge >= 0.3 is 0 Å². The third-order valence-electron chi connectivity index (χ3n) is 7.29. The number of fused-ring (bicyclic) bond motifs is 1. The van der Waals surface area contributed by atoms with Crippen LogP contribution in [0.15, 0.2) is 67.0 Å². The summed E-state index contributed by atoms with van der Waals surface area (Å²) < 4.78 is 13.6. The number of piperidine rings is 1. The fourth-order valence-corrected chi connectivity index (χ4v) is 6.00. The number of pyridine rings is 1. The molecule has 2 atom stereocenters. The number of likely N-dealkylation sites (tertiary alicyclic amines) is 1. The molecule has 0 radical (unpaired) electrons. The molecule has 2 aliphatic rings. The molecule has 1 aliphatic heterocycles. The molecule has 36 heavy (non-hydrogen) atoms. The summed E-state index contributed by atoms with van der Waals surface area (Å²) in [5.41, 5.74) is 3.50. The Morgan fingerprint density at radius 3 is 2.75 bits per heavy atom. The van der Waals surface area contributed by atoms with Gasteiger partial charge < -0.3 is 10.2 Å². The molecule has 1 amide bonds. The largest absolute Gasteiger partial charge is 0.325 e. The fraction of sp³-hybridized carbons (Fsp3) is 0.393. The molecule has 1 saturated heterocycles. The number of alkyl halides is 1. The van der Waals surface area contributed by atoms with Crippen LogP contribution in [0.3, 0.4) is 0 Å². The van der Waals surface area contributed by atoms with Gasteiger partial charge in [0.1, 0.15) is 11.9 Å². The van der Waals surface area contributed by atoms with Crippen LogP contribution >= 0.6 is 11.8 Å². The standard InChI is InChI=1S/C28H32FN5OS/c1-36-28(11-15-34(16-12-28)19-20-5-3-2-4-6-22(29)17-20)27(35)31-23-7-8-25-24(18-23)26(33-32-25)21-9-13-30-14-10-21/h3-10,13-14,18,20,22H,2,11-12,15-17,19H2,1H3,(H,31,35)(H,32,33)/b5-3-,6-4-. The van der Waals surface area contributed by atoms with Crippen molar-refractivity contribution < 1.29 is 9.18 Å². The Bertz CT molecular complexity index is 1250. The Kier molecular flexibility index (Phi) is 7.53. The lowest BCUT2D eigenvalue weighted by atomic mass is 9.92. The highest BCUT2D eigenvalue weighted by Crippen LogP contribution is 2.37. The van der Waals surface area contributed by atoms with E-state index in [1.54, 1.807) is 30.2 Å². The van der Waals surface area contributed by atoms with Gasteiger partial charge in [0.25, 0.3) is 0 Å². The minimum absolute atomic E-state index is 0.0442. The van der Waals surface area contributed by atoms with Gasteiger partial charge in [-0.15, -0.1) is 11.8 Å². The summed E-state index contributed by atoms with van der Waals surface area (Å²) in [6.07, 6.45) is 15.4. The van der Waals surface area contributed by atoms with Crippen LogP contribution in [-0.4, -0.2) is 62.8 Å². The van der Waals surface area contributed by atoms with E-state index in [1.165, 1.54) is 0 Å². The molecule has 2 aromatic heterocycles. The number of nitrogens with zero attached hydrogens (tertiary/aromatic N) is 3. The van der Waals surface area contributed by atoms with Gasteiger partial charge in [-0.3, -0.25) is 14.9 Å². The molecule has 1 fully saturated rings. The van der Waals surface area contributed by atoms with Crippen LogP contribution in [0.1, 0.15) is 25.7 Å². The second kappa shape index (κ2) is 11.0. The van der Waals surface area contributed by atoms with Gasteiger partial charge in [-0.1, -0.05) is 24.3 Å². The van der Waals surface area contributed by atoms with Crippen molar-refractivity contribution in [2.75, 3.05) is 31.2 Å². The maximum atomic E-state index is 14.1. The number of nitrogens with one attached hydrogen (secondary N) is 2. The Morgan fingerprint density at radius 1 is 1.19 bits per heavy atom. The van der Waals surface area contributed by atoms with Crippen LogP contribution in [0.2, 0.25) is 0 Å². The zero-order valence-electron chi connectivity index (χ0n) is 20.5. The summed E-state index contributed by atoms with van der Waals surface area (Å²) in [6.45, 7) is 2.50. The van der Waals surface area contributed by atoms with Gasteiger partial charge in [-0.05, 0) is 81.3 Å². The number of thioether (sulfide) groups is 1. The predicted molar refractivity (Wildman–Crippen MR) is 146 cm³/mol. The molecular formula is C28H32FN5OS. The summed E-state index contributed by atoms with van der Waals surface area (Å²) in [5.74, 6) is 0.250. The topological polar surface area (TPSA) is 73.9 Å². The zero-order chi connectivity index (χ0) is 25.0. The summed E-state index contributed by atoms with van der Waals surface area (Å²) in [5, 5.41) is 11.7. The Morgan fingerprint density at radius 2 is 1.97 bits per heavy atom. The zero-order valence-corrected chi connectivity index (χ0v) is 21.3. The number of amides is 1. The molecule has 8 heteroatoms. The Balaban J connectivity index is 1.25. The number of hydrogen-bond acceptors (Lipinski definition) is 5. The molecule has 5 rings (SSSR count). The van der Waals surface area contributed by atoms with Crippen LogP contribution < -0.4 is 5.32 Å². The van der Waals surface area contributed by atoms with Crippen LogP contribution in [0.5, 0.6) is 0 Å². The quantitative estimate of drug-likeness (QED) is 0.425. The molecule has 0 bridgehead atoms. The third-order valence-corrected chi connectivity index (χ3v) is 8.66. The van der Waals surface area contributed by atoms with E-state index in [9.17, 15) is 9.18 Å². The minimum atomic E-state index is -0.882. The summed E-state index contributed by atoms with van der Waals surface area (Å²) >= 11 is 1.63. The van der Waals surface area contributed by atoms with Crippen LogP contribution in [0, 0.1) is 5.92 Å². The van der Waals surface area contributed by atoms with Gasteiger partial charge in [0.2, 0.25) is 5.91 Å². The van der Waals surface area contributed by atoms with Crippen molar-refractivity contribution in [1.82, 2.24) is 20.1 Å². The van der Waals surface area contributed by atoms with Crippen molar-refractivity contribution >= 4 is 34.3 Å². The average molecular weight is 506 g/mol. The van der Waals surface area contributed by atoms with E-state index in [1.807, 2.05) is 42.7 Å². The lowest BCUT2D eigenvalue weighted by molar-refractivity contribution is -0.119. The maximum Gasteiger partial charge on any atom is 0.240 e. The van der Waals surface area contributed by atoms with Crippen molar-refractivity contribution in [1.29, 1.82) is 0 Å². The number of carbonyl (C=O) groups is 1. The van der Waals surface area contributed by atoms with Crippen molar-refractivity contribution in [3.63, 3.8) is 0 Å². The number of carbonyl (C=O) groups excluding carboxylic acids is 1. The molecule has 2 N–H and O–H groups in total. The van der Waals surface area contributed by atoms with E-state index >= 15 is 0 Å². The SMILES string of the molecule is CSC1(C(=O)Nc2ccc3[nH]nc(-c4ccncc4)c3c2)CCN(CC2/C=C\C/C=C\C(F)C2)CC1. The van der Waals surface area contributed by atoms with E-state index in [-0.39, 0.29) is 11.8 Å². The number of hydrogen-bond donors (Lipinski definition) is 2. The number of anilines is 1. The van der Waals surface area contributed by atoms with Gasteiger partial charge in [0, 0.05) is 35.6 Å². The van der Waals surface area contributed by atoms with Gasteiger partial charge in [0.15, 0.2) is 0 Å². The lowest BCUT2D eigenvalue weighted by Gasteiger charge is -2.40. The predicted octanol–water partition coefficient (Wildman–Crippen LogP) is 5.62. The number of aromatic nitrogens is 3. The first-order chi connectivity index (χ1) is 17.6. The molecule has 1 aliphatic carbocycles. The number of aromatic amines is 1. The lowest BCUT2D eigenvalue weighted by Crippen LogP contribution is -2.50. The third kappa shape index (κ3) is 5.39. The molecule has 2 unspecified atom stereocenters. The average Bonchev–Trinajstić information content (AvgIpc) is 3.31. The molecule has 6 nitrogen and oxygen atoms in total. The number of allylic oxidation sites excluding steroid dienone is 3. The molecule has 3 heterocycles. The number of benzene rings is 1. The van der Waals surface area contributed by atoms with Gasteiger partial charge in [-0.2, -0.15) is 5.10 Å². The monoisotopic (exact) mass is 505 g/mol. The summed E-state index contributed by atoms with van der Waals surface area (Å²) in [7, 11) is 0. The van der Waals surface area contributed by atoms with E-state index in [4.69, 9.17) is 0 Å². The highest BCUT2D eigenvalue weighted by molar-refractivity contribution is 8.00. The van der Waals surface area contributed by atoms with Crippen molar-refractivity contribution in [3.05, 3.63) is 67.0 Å². The summed E-state index contributed by atoms with van der Waals surface area (Å²) in [4.78, 5) is 20.0. The van der Waals surface area contributed by atoms with Crippen LogP contribution in [-0.2, 0) is 4.79 Å². The van der Waals surface area contributed by atoms with Crippen molar-refractivity contribution in [2.24, 2.45) is 5.92 Å². The summed E-state index contributed by atoms with van der Waals surface area (Å²) in [6, 6.07) is 9.70. The highest BCUT2D eigenvalue weighted by Gasteiger charge is 2.41. The molecule has 0 saturated carbocycles. The number of H-pyrrole nitrogens is 1. The van der Waals surface area contributed by atoms with Gasteiger partial charge in [-0.25, -0.2) is 4.39 Å². The second-order valence-electron chi connectivity index (χ2n) is 9.63. The molecule has 188 valence electrons. The first kappa shape index (κ1) is 24.7. The van der Waals surface area contributed by atoms with Crippen LogP contribution in [0.25, 0.3) is 22.2 Å². The van der Waals surface area contributed by atoms with Crippen LogP contribution in [0.4, 0.5) is 10.1 Å².